The topological polar surface area (TPSA) is 29.1 Å². The van der Waals surface area contributed by atoms with Crippen molar-refractivity contribution in [2.45, 2.75) is 38.6 Å². The molecular formula is C15H19NO. The Morgan fingerprint density at radius 3 is 2.71 bits per heavy atom. The maximum atomic E-state index is 12.2. The minimum Gasteiger partial charge on any atom is -0.351 e. The van der Waals surface area contributed by atoms with Gasteiger partial charge in [-0.1, -0.05) is 36.4 Å². The second-order valence-corrected chi connectivity index (χ2v) is 5.55. The molecule has 1 aromatic carbocycles. The van der Waals surface area contributed by atoms with Gasteiger partial charge >= 0.3 is 0 Å². The van der Waals surface area contributed by atoms with Gasteiger partial charge in [0, 0.05) is 5.54 Å². The molecule has 0 aromatic heterocycles. The molecule has 1 aromatic rings. The summed E-state index contributed by atoms with van der Waals surface area (Å²) in [6.45, 7) is 6.01. The van der Waals surface area contributed by atoms with E-state index in [1.807, 2.05) is 45.0 Å². The lowest BCUT2D eigenvalue weighted by atomic mass is 9.87. The van der Waals surface area contributed by atoms with Crippen molar-refractivity contribution in [2.75, 3.05) is 0 Å². The number of amides is 1. The van der Waals surface area contributed by atoms with Crippen molar-refractivity contribution in [2.24, 2.45) is 0 Å². The van der Waals surface area contributed by atoms with Crippen molar-refractivity contribution < 1.29 is 4.79 Å². The summed E-state index contributed by atoms with van der Waals surface area (Å²) >= 11 is 0. The second kappa shape index (κ2) is 4.36. The minimum atomic E-state index is -0.183. The first-order chi connectivity index (χ1) is 7.97. The number of carbonyl (C=O) groups excluding carboxylic acids is 1. The maximum Gasteiger partial charge on any atom is 0.231 e. The molecule has 2 rings (SSSR count). The molecule has 0 radical (unpaired) electrons. The largest absolute Gasteiger partial charge is 0.351 e. The van der Waals surface area contributed by atoms with Crippen LogP contribution in [-0.4, -0.2) is 11.4 Å². The van der Waals surface area contributed by atoms with E-state index in [1.165, 1.54) is 5.56 Å². The number of benzene rings is 1. The van der Waals surface area contributed by atoms with E-state index in [-0.39, 0.29) is 17.4 Å². The molecule has 1 amide bonds. The molecule has 1 atom stereocenters. The van der Waals surface area contributed by atoms with Crippen molar-refractivity contribution in [1.29, 1.82) is 0 Å². The van der Waals surface area contributed by atoms with E-state index in [9.17, 15) is 4.79 Å². The molecule has 1 N–H and O–H groups in total. The molecule has 2 heteroatoms. The highest BCUT2D eigenvalue weighted by molar-refractivity contribution is 5.87. The lowest BCUT2D eigenvalue weighted by Crippen LogP contribution is -2.43. The van der Waals surface area contributed by atoms with E-state index in [0.717, 1.165) is 12.0 Å². The van der Waals surface area contributed by atoms with E-state index in [0.29, 0.717) is 0 Å². The first-order valence-corrected chi connectivity index (χ1v) is 6.04. The molecule has 0 aliphatic heterocycles. The Kier molecular flexibility index (Phi) is 3.05. The quantitative estimate of drug-likeness (QED) is 0.737. The van der Waals surface area contributed by atoms with E-state index >= 15 is 0 Å². The van der Waals surface area contributed by atoms with Crippen LogP contribution in [0.3, 0.4) is 0 Å². The van der Waals surface area contributed by atoms with Crippen LogP contribution < -0.4 is 5.32 Å². The zero-order chi connectivity index (χ0) is 12.5. The van der Waals surface area contributed by atoms with Crippen molar-refractivity contribution in [1.82, 2.24) is 5.32 Å². The summed E-state index contributed by atoms with van der Waals surface area (Å²) in [7, 11) is 0. The van der Waals surface area contributed by atoms with Gasteiger partial charge in [-0.15, -0.1) is 0 Å². The van der Waals surface area contributed by atoms with Gasteiger partial charge in [-0.2, -0.15) is 0 Å². The first-order valence-electron chi connectivity index (χ1n) is 6.04. The maximum absolute atomic E-state index is 12.2. The van der Waals surface area contributed by atoms with Crippen molar-refractivity contribution in [3.05, 3.63) is 47.5 Å². The summed E-state index contributed by atoms with van der Waals surface area (Å²) in [4.78, 5) is 12.2. The van der Waals surface area contributed by atoms with Gasteiger partial charge in [-0.25, -0.2) is 0 Å². The molecule has 1 aliphatic rings. The molecule has 17 heavy (non-hydrogen) atoms. The van der Waals surface area contributed by atoms with Gasteiger partial charge in [0.1, 0.15) is 0 Å². The number of nitrogens with one attached hydrogen (secondary N) is 1. The zero-order valence-corrected chi connectivity index (χ0v) is 10.7. The Bertz CT molecular complexity index is 454. The van der Waals surface area contributed by atoms with Crippen LogP contribution in [0.25, 0.3) is 0 Å². The summed E-state index contributed by atoms with van der Waals surface area (Å²) < 4.78 is 0. The Morgan fingerprint density at radius 2 is 2.00 bits per heavy atom. The number of fused-ring (bicyclic) bond motifs is 1. The third kappa shape index (κ3) is 2.76. The molecule has 1 aliphatic carbocycles. The molecule has 0 heterocycles. The van der Waals surface area contributed by atoms with Crippen molar-refractivity contribution in [3.63, 3.8) is 0 Å². The Hall–Kier alpha value is -1.57. The smallest absolute Gasteiger partial charge is 0.231 e. The second-order valence-electron chi connectivity index (χ2n) is 5.55. The van der Waals surface area contributed by atoms with Gasteiger partial charge in [0.25, 0.3) is 0 Å². The summed E-state index contributed by atoms with van der Waals surface area (Å²) in [6, 6.07) is 8.16. The highest BCUT2D eigenvalue weighted by Crippen LogP contribution is 2.27. The summed E-state index contributed by atoms with van der Waals surface area (Å²) in [5.41, 5.74) is 2.21. The minimum absolute atomic E-state index is 0.0842. The van der Waals surface area contributed by atoms with E-state index in [1.54, 1.807) is 0 Å². The Balaban J connectivity index is 2.25. The number of hydrogen-bond donors (Lipinski definition) is 1. The van der Waals surface area contributed by atoms with E-state index < -0.39 is 0 Å². The van der Waals surface area contributed by atoms with Gasteiger partial charge in [-0.05, 0) is 38.3 Å². The van der Waals surface area contributed by atoms with Gasteiger partial charge in [-0.3, -0.25) is 4.79 Å². The van der Waals surface area contributed by atoms with Crippen LogP contribution in [0, 0.1) is 0 Å². The van der Waals surface area contributed by atoms with Crippen LogP contribution >= 0.6 is 0 Å². The van der Waals surface area contributed by atoms with Gasteiger partial charge in [0.15, 0.2) is 0 Å². The van der Waals surface area contributed by atoms with Gasteiger partial charge < -0.3 is 5.32 Å². The number of allylic oxidation sites excluding steroid dienone is 1. The molecule has 2 nitrogen and oxygen atoms in total. The molecule has 0 saturated carbocycles. The highest BCUT2D eigenvalue weighted by Gasteiger charge is 2.25. The van der Waals surface area contributed by atoms with E-state index in [2.05, 4.69) is 17.5 Å². The van der Waals surface area contributed by atoms with E-state index in [4.69, 9.17) is 0 Å². The van der Waals surface area contributed by atoms with Crippen LogP contribution in [0.5, 0.6) is 0 Å². The molecule has 0 bridgehead atoms. The monoisotopic (exact) mass is 229 g/mol. The first kappa shape index (κ1) is 11.9. The fourth-order valence-electron chi connectivity index (χ4n) is 2.13. The van der Waals surface area contributed by atoms with Gasteiger partial charge in [0.2, 0.25) is 5.91 Å². The average molecular weight is 229 g/mol. The number of carbonyl (C=O) groups is 1. The zero-order valence-electron chi connectivity index (χ0n) is 10.7. The Morgan fingerprint density at radius 1 is 1.29 bits per heavy atom. The molecule has 1 unspecified atom stereocenters. The van der Waals surface area contributed by atoms with Gasteiger partial charge in [0.05, 0.1) is 5.92 Å². The molecule has 0 fully saturated rings. The fourth-order valence-corrected chi connectivity index (χ4v) is 2.13. The van der Waals surface area contributed by atoms with Crippen LogP contribution in [0.1, 0.15) is 37.8 Å². The van der Waals surface area contributed by atoms with Crippen LogP contribution in [0.15, 0.2) is 36.4 Å². The van der Waals surface area contributed by atoms with Crippen LogP contribution in [0.2, 0.25) is 0 Å². The summed E-state index contributed by atoms with van der Waals surface area (Å²) in [5.74, 6) is -0.0555. The highest BCUT2D eigenvalue weighted by atomic mass is 16.2. The van der Waals surface area contributed by atoms with Crippen LogP contribution in [-0.2, 0) is 11.2 Å². The molecular weight excluding hydrogens is 210 g/mol. The SMILES string of the molecule is CC(C)(C)NC(=O)C1C=CCc2ccccc21. The number of rotatable bonds is 1. The van der Waals surface area contributed by atoms with Crippen molar-refractivity contribution in [3.8, 4) is 0 Å². The average Bonchev–Trinajstić information content (AvgIpc) is 2.26. The molecule has 90 valence electrons. The predicted molar refractivity (Wildman–Crippen MR) is 69.9 cm³/mol. The summed E-state index contributed by atoms with van der Waals surface area (Å²) in [5, 5.41) is 3.04. The standard InChI is InChI=1S/C15H19NO/c1-15(2,3)16-14(17)13-10-6-8-11-7-4-5-9-12(11)13/h4-7,9-10,13H,8H2,1-3H3,(H,16,17). The number of hydrogen-bond acceptors (Lipinski definition) is 1. The molecule has 0 spiro atoms. The van der Waals surface area contributed by atoms with Crippen LogP contribution in [0.4, 0.5) is 0 Å². The normalized spacial score (nSPS) is 18.6. The third-order valence-corrected chi connectivity index (χ3v) is 2.84. The lowest BCUT2D eigenvalue weighted by molar-refractivity contribution is -0.123. The van der Waals surface area contributed by atoms with Crippen molar-refractivity contribution >= 4 is 5.91 Å². The summed E-state index contributed by atoms with van der Waals surface area (Å²) in [6.07, 6.45) is 5.01. The Labute approximate surface area is 103 Å². The third-order valence-electron chi connectivity index (χ3n) is 2.84. The lowest BCUT2D eigenvalue weighted by Gasteiger charge is -2.26. The molecule has 0 saturated heterocycles. The predicted octanol–water partition coefficient (Wildman–Crippen LogP) is 2.80. The fraction of sp³-hybridized carbons (Fsp3) is 0.400.